The fraction of sp³-hybridized carbons (Fsp3) is 0.0909. The van der Waals surface area contributed by atoms with Crippen LogP contribution in [0, 0.1) is 22.7 Å². The zero-order valence-corrected chi connectivity index (χ0v) is 8.95. The predicted octanol–water partition coefficient (Wildman–Crippen LogP) is 1.02. The summed E-state index contributed by atoms with van der Waals surface area (Å²) in [6.07, 6.45) is 2.95. The Morgan fingerprint density at radius 1 is 1.29 bits per heavy atom. The maximum absolute atomic E-state index is 9.01. The van der Waals surface area contributed by atoms with E-state index in [2.05, 4.69) is 9.97 Å². The zero-order chi connectivity index (χ0) is 12.3. The van der Waals surface area contributed by atoms with Gasteiger partial charge in [-0.3, -0.25) is 4.57 Å². The minimum atomic E-state index is 0.0696. The Morgan fingerprint density at radius 3 is 2.76 bits per heavy atom. The molecule has 6 nitrogen and oxygen atoms in total. The number of aromatic nitrogens is 3. The van der Waals surface area contributed by atoms with Gasteiger partial charge in [-0.25, -0.2) is 9.97 Å². The Labute approximate surface area is 97.3 Å². The molecule has 0 spiro atoms. The highest BCUT2D eigenvalue weighted by Gasteiger charge is 2.15. The topological polar surface area (TPSA) is 87.5 Å². The molecule has 0 N–H and O–H groups in total. The van der Waals surface area contributed by atoms with Gasteiger partial charge in [-0.2, -0.15) is 10.5 Å². The van der Waals surface area contributed by atoms with E-state index in [4.69, 9.17) is 15.3 Å². The fourth-order valence-corrected chi connectivity index (χ4v) is 1.42. The average Bonchev–Trinajstić information content (AvgIpc) is 2.81. The van der Waals surface area contributed by atoms with Crippen molar-refractivity contribution in [3.05, 3.63) is 36.0 Å². The van der Waals surface area contributed by atoms with E-state index in [0.717, 1.165) is 0 Å². The Kier molecular flexibility index (Phi) is 2.71. The van der Waals surface area contributed by atoms with Gasteiger partial charge in [-0.1, -0.05) is 0 Å². The van der Waals surface area contributed by atoms with Gasteiger partial charge in [-0.15, -0.1) is 0 Å². The molecular weight excluding hydrogens is 218 g/mol. The molecule has 2 rings (SSSR count). The lowest BCUT2D eigenvalue weighted by atomic mass is 10.3. The summed E-state index contributed by atoms with van der Waals surface area (Å²) in [7, 11) is 1.51. The van der Waals surface area contributed by atoms with Crippen LogP contribution < -0.4 is 4.74 Å². The minimum absolute atomic E-state index is 0.0696. The second-order valence-electron chi connectivity index (χ2n) is 3.06. The second kappa shape index (κ2) is 4.33. The molecule has 2 aromatic heterocycles. The van der Waals surface area contributed by atoms with Crippen LogP contribution in [0.4, 0.5) is 0 Å². The summed E-state index contributed by atoms with van der Waals surface area (Å²) in [5, 5.41) is 17.8. The van der Waals surface area contributed by atoms with Crippen LogP contribution >= 0.6 is 0 Å². The smallest absolute Gasteiger partial charge is 0.181 e. The molecule has 0 aliphatic carbocycles. The molecule has 17 heavy (non-hydrogen) atoms. The summed E-state index contributed by atoms with van der Waals surface area (Å²) in [6, 6.07) is 7.21. The lowest BCUT2D eigenvalue weighted by molar-refractivity contribution is 0.410. The highest BCUT2D eigenvalue weighted by molar-refractivity contribution is 5.47. The number of hydrogen-bond acceptors (Lipinski definition) is 5. The first kappa shape index (κ1) is 10.7. The monoisotopic (exact) mass is 225 g/mol. The quantitative estimate of drug-likeness (QED) is 0.761. The van der Waals surface area contributed by atoms with Crippen molar-refractivity contribution in [3.8, 4) is 23.7 Å². The van der Waals surface area contributed by atoms with Gasteiger partial charge in [0.1, 0.15) is 18.5 Å². The molecule has 82 valence electrons. The molecule has 0 aromatic carbocycles. The van der Waals surface area contributed by atoms with Gasteiger partial charge in [0.25, 0.3) is 0 Å². The van der Waals surface area contributed by atoms with Crippen LogP contribution in [-0.2, 0) is 0 Å². The predicted molar refractivity (Wildman–Crippen MR) is 57.3 cm³/mol. The first-order chi connectivity index (χ1) is 8.31. The van der Waals surface area contributed by atoms with Crippen molar-refractivity contribution in [2.45, 2.75) is 0 Å². The number of hydrogen-bond donors (Lipinski definition) is 0. The van der Waals surface area contributed by atoms with E-state index in [1.165, 1.54) is 18.0 Å². The third-order valence-electron chi connectivity index (χ3n) is 2.18. The van der Waals surface area contributed by atoms with Crippen molar-refractivity contribution in [1.29, 1.82) is 10.5 Å². The van der Waals surface area contributed by atoms with Crippen LogP contribution in [0.3, 0.4) is 0 Å². The molecule has 0 atom stereocenters. The molecule has 0 unspecified atom stereocenters. The van der Waals surface area contributed by atoms with Crippen LogP contribution in [0.1, 0.15) is 11.4 Å². The molecular formula is C11H7N5O. The normalized spacial score (nSPS) is 9.35. The van der Waals surface area contributed by atoms with E-state index < -0.39 is 0 Å². The van der Waals surface area contributed by atoms with Gasteiger partial charge in [0.15, 0.2) is 23.0 Å². The van der Waals surface area contributed by atoms with E-state index in [1.54, 1.807) is 18.3 Å². The lowest BCUT2D eigenvalue weighted by Gasteiger charge is -2.07. The maximum Gasteiger partial charge on any atom is 0.181 e. The first-order valence-corrected chi connectivity index (χ1v) is 4.68. The summed E-state index contributed by atoms with van der Waals surface area (Å²) >= 11 is 0. The van der Waals surface area contributed by atoms with Gasteiger partial charge in [0.05, 0.1) is 7.11 Å². The first-order valence-electron chi connectivity index (χ1n) is 4.68. The fourth-order valence-electron chi connectivity index (χ4n) is 1.42. The molecule has 0 saturated heterocycles. The van der Waals surface area contributed by atoms with Crippen molar-refractivity contribution in [1.82, 2.24) is 14.5 Å². The average molecular weight is 225 g/mol. The van der Waals surface area contributed by atoms with Gasteiger partial charge in [0.2, 0.25) is 0 Å². The van der Waals surface area contributed by atoms with Crippen LogP contribution in [0.15, 0.2) is 24.7 Å². The summed E-state index contributed by atoms with van der Waals surface area (Å²) < 4.78 is 6.57. The van der Waals surface area contributed by atoms with E-state index in [0.29, 0.717) is 11.6 Å². The van der Waals surface area contributed by atoms with Crippen LogP contribution in [0.5, 0.6) is 5.75 Å². The summed E-state index contributed by atoms with van der Waals surface area (Å²) in [6.45, 7) is 0. The third kappa shape index (κ3) is 1.68. The van der Waals surface area contributed by atoms with Crippen LogP contribution in [-0.4, -0.2) is 21.6 Å². The largest absolute Gasteiger partial charge is 0.493 e. The number of pyridine rings is 1. The van der Waals surface area contributed by atoms with Crippen LogP contribution in [0.25, 0.3) is 5.82 Å². The Hall–Kier alpha value is -2.86. The van der Waals surface area contributed by atoms with E-state index >= 15 is 0 Å². The molecule has 2 aromatic rings. The number of ether oxygens (including phenoxy) is 1. The van der Waals surface area contributed by atoms with Crippen molar-refractivity contribution in [3.63, 3.8) is 0 Å². The molecule has 2 heterocycles. The molecule has 0 aliphatic rings. The summed E-state index contributed by atoms with van der Waals surface area (Å²) in [5.74, 6) is 0.937. The van der Waals surface area contributed by atoms with E-state index in [9.17, 15) is 0 Å². The van der Waals surface area contributed by atoms with Gasteiger partial charge < -0.3 is 4.74 Å². The SMILES string of the molecule is COc1cccnc1-n1cnc(C#N)c1C#N. The third-order valence-corrected chi connectivity index (χ3v) is 2.18. The number of nitrogens with zero attached hydrogens (tertiary/aromatic N) is 5. The lowest BCUT2D eigenvalue weighted by Crippen LogP contribution is -2.02. The number of rotatable bonds is 2. The molecule has 0 bridgehead atoms. The molecule has 0 aliphatic heterocycles. The molecule has 0 fully saturated rings. The van der Waals surface area contributed by atoms with Crippen molar-refractivity contribution < 1.29 is 4.74 Å². The maximum atomic E-state index is 9.01. The second-order valence-corrected chi connectivity index (χ2v) is 3.06. The molecule has 0 radical (unpaired) electrons. The number of nitriles is 2. The van der Waals surface area contributed by atoms with Gasteiger partial charge in [-0.05, 0) is 12.1 Å². The number of methoxy groups -OCH3 is 1. The van der Waals surface area contributed by atoms with Crippen molar-refractivity contribution in [2.75, 3.05) is 7.11 Å². The molecule has 6 heteroatoms. The van der Waals surface area contributed by atoms with Crippen molar-refractivity contribution in [2.24, 2.45) is 0 Å². The molecule has 0 saturated carbocycles. The summed E-state index contributed by atoms with van der Waals surface area (Å²) in [4.78, 5) is 7.95. The van der Waals surface area contributed by atoms with Gasteiger partial charge >= 0.3 is 0 Å². The molecule has 0 amide bonds. The van der Waals surface area contributed by atoms with E-state index in [-0.39, 0.29) is 11.4 Å². The zero-order valence-electron chi connectivity index (χ0n) is 8.95. The summed E-state index contributed by atoms with van der Waals surface area (Å²) in [5.41, 5.74) is 0.213. The van der Waals surface area contributed by atoms with E-state index in [1.807, 2.05) is 12.1 Å². The Morgan fingerprint density at radius 2 is 2.12 bits per heavy atom. The van der Waals surface area contributed by atoms with Crippen molar-refractivity contribution >= 4 is 0 Å². The highest BCUT2D eigenvalue weighted by Crippen LogP contribution is 2.21. The van der Waals surface area contributed by atoms with Gasteiger partial charge in [0, 0.05) is 6.20 Å². The number of imidazole rings is 1. The Bertz CT molecular complexity index is 632. The Balaban J connectivity index is 2.66. The van der Waals surface area contributed by atoms with Crippen LogP contribution in [0.2, 0.25) is 0 Å². The standard InChI is InChI=1S/C11H7N5O/c1-17-10-3-2-4-14-11(10)16-7-15-8(5-12)9(16)6-13/h2-4,7H,1H3. The highest BCUT2D eigenvalue weighted by atomic mass is 16.5. The minimum Gasteiger partial charge on any atom is -0.493 e.